The number of carbonyl (C=O) groups is 2. The highest BCUT2D eigenvalue weighted by molar-refractivity contribution is 5.87. The Bertz CT molecular complexity index is 211. The molecule has 0 amide bonds. The number of carboxylic acid groups (broad SMARTS) is 1. The average molecular weight is 172 g/mol. The maximum atomic E-state index is 11.2. The van der Waals surface area contributed by atoms with Gasteiger partial charge in [-0.05, 0) is 6.92 Å². The van der Waals surface area contributed by atoms with Crippen LogP contribution in [0.4, 0.5) is 0 Å². The van der Waals surface area contributed by atoms with Crippen LogP contribution in [0.5, 0.6) is 0 Å². The van der Waals surface area contributed by atoms with Crippen LogP contribution in [0.15, 0.2) is 0 Å². The highest BCUT2D eigenvalue weighted by Gasteiger charge is 2.35. The van der Waals surface area contributed by atoms with Crippen LogP contribution < -0.4 is 0 Å². The molecule has 1 N–H and O–H groups in total. The van der Waals surface area contributed by atoms with Gasteiger partial charge in [0.25, 0.3) is 0 Å². The van der Waals surface area contributed by atoms with Crippen LogP contribution in [0, 0.1) is 5.92 Å². The fraction of sp³-hybridized carbons (Fsp3) is 0.750. The maximum Gasteiger partial charge on any atom is 0.333 e. The summed E-state index contributed by atoms with van der Waals surface area (Å²) < 4.78 is 5.11. The summed E-state index contributed by atoms with van der Waals surface area (Å²) >= 11 is 0. The number of hydrogen-bond acceptors (Lipinski definition) is 3. The van der Waals surface area contributed by atoms with Crippen molar-refractivity contribution in [3.63, 3.8) is 0 Å². The Morgan fingerprint density at radius 1 is 1.58 bits per heavy atom. The van der Waals surface area contributed by atoms with Crippen molar-refractivity contribution in [2.24, 2.45) is 5.92 Å². The van der Waals surface area contributed by atoms with Gasteiger partial charge in [-0.1, -0.05) is 6.92 Å². The number of hydrogen-bond donors (Lipinski definition) is 1. The zero-order valence-corrected chi connectivity index (χ0v) is 7.11. The summed E-state index contributed by atoms with van der Waals surface area (Å²) in [6.07, 6.45) is -1.23. The molecule has 4 nitrogen and oxygen atoms in total. The summed E-state index contributed by atoms with van der Waals surface area (Å²) in [5, 5.41) is 8.58. The number of aliphatic carboxylic acids is 1. The van der Waals surface area contributed by atoms with Gasteiger partial charge in [-0.2, -0.15) is 0 Å². The van der Waals surface area contributed by atoms with E-state index >= 15 is 0 Å². The van der Waals surface area contributed by atoms with Crippen LogP contribution in [0.1, 0.15) is 20.3 Å². The molecule has 1 heterocycles. The smallest absolute Gasteiger partial charge is 0.333 e. The van der Waals surface area contributed by atoms with Crippen molar-refractivity contribution in [3.8, 4) is 0 Å². The molecule has 0 saturated carbocycles. The van der Waals surface area contributed by atoms with Gasteiger partial charge in [-0.25, -0.2) is 4.79 Å². The molecule has 0 aromatic carbocycles. The molecule has 0 aromatic heterocycles. The summed E-state index contributed by atoms with van der Waals surface area (Å²) in [7, 11) is 0. The topological polar surface area (TPSA) is 63.6 Å². The highest BCUT2D eigenvalue weighted by Crippen LogP contribution is 2.21. The van der Waals surface area contributed by atoms with E-state index in [9.17, 15) is 9.59 Å². The fourth-order valence-electron chi connectivity index (χ4n) is 1.20. The Hall–Kier alpha value is -0.900. The van der Waals surface area contributed by atoms with Crippen LogP contribution in [0.3, 0.4) is 0 Å². The Morgan fingerprint density at radius 3 is 2.58 bits per heavy atom. The molecule has 4 heteroatoms. The molecule has 1 aliphatic rings. The molecule has 1 saturated heterocycles. The van der Waals surface area contributed by atoms with Gasteiger partial charge in [0.1, 0.15) is 5.78 Å². The van der Waals surface area contributed by atoms with Gasteiger partial charge in [-0.3, -0.25) is 4.79 Å². The molecular weight excluding hydrogens is 160 g/mol. The Balaban J connectivity index is 2.66. The Kier molecular flexibility index (Phi) is 2.47. The van der Waals surface area contributed by atoms with Gasteiger partial charge in [0.15, 0.2) is 6.10 Å². The summed E-state index contributed by atoms with van der Waals surface area (Å²) in [5.74, 6) is -1.26. The molecule has 1 fully saturated rings. The summed E-state index contributed by atoms with van der Waals surface area (Å²) in [4.78, 5) is 21.7. The third kappa shape index (κ3) is 1.64. The first-order chi connectivity index (χ1) is 5.52. The van der Waals surface area contributed by atoms with Crippen LogP contribution in [-0.2, 0) is 14.3 Å². The first-order valence-corrected chi connectivity index (χ1v) is 3.93. The van der Waals surface area contributed by atoms with E-state index in [2.05, 4.69) is 0 Å². The Labute approximate surface area is 70.5 Å². The van der Waals surface area contributed by atoms with Gasteiger partial charge < -0.3 is 9.84 Å². The zero-order valence-electron chi connectivity index (χ0n) is 7.11. The minimum Gasteiger partial charge on any atom is -0.479 e. The molecule has 68 valence electrons. The maximum absolute atomic E-state index is 11.2. The fourth-order valence-corrected chi connectivity index (χ4v) is 1.20. The molecule has 3 atom stereocenters. The molecule has 12 heavy (non-hydrogen) atoms. The molecule has 3 unspecified atom stereocenters. The van der Waals surface area contributed by atoms with Crippen molar-refractivity contribution in [2.45, 2.75) is 32.5 Å². The molecule has 0 aliphatic carbocycles. The molecule has 1 aliphatic heterocycles. The lowest BCUT2D eigenvalue weighted by Gasteiger charge is -2.29. The minimum absolute atomic E-state index is 0.000833. The standard InChI is InChI=1S/C8H12O4/c1-4-5(2)12-7(8(10)11)3-6(4)9/h4-5,7H,3H2,1-2H3,(H,10,11). The van der Waals surface area contributed by atoms with E-state index in [0.29, 0.717) is 0 Å². The van der Waals surface area contributed by atoms with Gasteiger partial charge in [0.2, 0.25) is 0 Å². The van der Waals surface area contributed by atoms with E-state index in [1.165, 1.54) is 0 Å². The first-order valence-electron chi connectivity index (χ1n) is 3.93. The van der Waals surface area contributed by atoms with E-state index in [4.69, 9.17) is 9.84 Å². The Morgan fingerprint density at radius 2 is 2.17 bits per heavy atom. The van der Waals surface area contributed by atoms with E-state index < -0.39 is 12.1 Å². The quantitative estimate of drug-likeness (QED) is 0.623. The van der Waals surface area contributed by atoms with Gasteiger partial charge in [-0.15, -0.1) is 0 Å². The second-order valence-electron chi connectivity index (χ2n) is 3.13. The third-order valence-corrected chi connectivity index (χ3v) is 2.25. The zero-order chi connectivity index (χ0) is 9.30. The van der Waals surface area contributed by atoms with E-state index in [1.54, 1.807) is 13.8 Å². The predicted molar refractivity (Wildman–Crippen MR) is 40.8 cm³/mol. The van der Waals surface area contributed by atoms with Crippen molar-refractivity contribution in [1.82, 2.24) is 0 Å². The number of carboxylic acids is 1. The second kappa shape index (κ2) is 3.23. The summed E-state index contributed by atoms with van der Waals surface area (Å²) in [5.41, 5.74) is 0. The molecule has 0 aromatic rings. The number of carbonyl (C=O) groups excluding carboxylic acids is 1. The summed E-state index contributed by atoms with van der Waals surface area (Å²) in [6, 6.07) is 0. The molecule has 0 spiro atoms. The average Bonchev–Trinajstić information content (AvgIpc) is 1.99. The SMILES string of the molecule is CC1OC(C(=O)O)CC(=O)C1C. The van der Waals surface area contributed by atoms with Crippen molar-refractivity contribution in [1.29, 1.82) is 0 Å². The van der Waals surface area contributed by atoms with Gasteiger partial charge >= 0.3 is 5.97 Å². The molecule has 1 rings (SSSR count). The lowest BCUT2D eigenvalue weighted by Crippen LogP contribution is -2.42. The van der Waals surface area contributed by atoms with Crippen molar-refractivity contribution < 1.29 is 19.4 Å². The number of Topliss-reactive ketones (excluding diaryl/α,β-unsaturated/α-hetero) is 1. The molecule has 0 bridgehead atoms. The number of ether oxygens (including phenoxy) is 1. The van der Waals surface area contributed by atoms with E-state index in [0.717, 1.165) is 0 Å². The molecule has 0 radical (unpaired) electrons. The largest absolute Gasteiger partial charge is 0.479 e. The van der Waals surface area contributed by atoms with Crippen molar-refractivity contribution in [2.75, 3.05) is 0 Å². The lowest BCUT2D eigenvalue weighted by molar-refractivity contribution is -0.167. The van der Waals surface area contributed by atoms with E-state index in [-0.39, 0.29) is 24.2 Å². The van der Waals surface area contributed by atoms with Crippen LogP contribution in [0.25, 0.3) is 0 Å². The van der Waals surface area contributed by atoms with Crippen LogP contribution in [0.2, 0.25) is 0 Å². The predicted octanol–water partition coefficient (Wildman–Crippen LogP) is 0.454. The second-order valence-corrected chi connectivity index (χ2v) is 3.13. The highest BCUT2D eigenvalue weighted by atomic mass is 16.5. The van der Waals surface area contributed by atoms with Gasteiger partial charge in [0, 0.05) is 12.3 Å². The van der Waals surface area contributed by atoms with Crippen molar-refractivity contribution in [3.05, 3.63) is 0 Å². The van der Waals surface area contributed by atoms with E-state index in [1.807, 2.05) is 0 Å². The van der Waals surface area contributed by atoms with Gasteiger partial charge in [0.05, 0.1) is 6.10 Å². The van der Waals surface area contributed by atoms with Crippen molar-refractivity contribution >= 4 is 11.8 Å². The number of ketones is 1. The normalized spacial score (nSPS) is 36.5. The lowest BCUT2D eigenvalue weighted by atomic mass is 9.93. The van der Waals surface area contributed by atoms with Crippen LogP contribution in [-0.4, -0.2) is 29.1 Å². The minimum atomic E-state index is -1.05. The first kappa shape index (κ1) is 9.19. The molecular formula is C8H12O4. The monoisotopic (exact) mass is 172 g/mol. The summed E-state index contributed by atoms with van der Waals surface area (Å²) in [6.45, 7) is 3.47. The third-order valence-electron chi connectivity index (χ3n) is 2.25. The number of rotatable bonds is 1. The van der Waals surface area contributed by atoms with Crippen LogP contribution >= 0.6 is 0 Å².